The van der Waals surface area contributed by atoms with Crippen LogP contribution in [0.25, 0.3) is 5.57 Å². The maximum absolute atomic E-state index is 13.0. The maximum atomic E-state index is 13.0. The maximum Gasteiger partial charge on any atom is 0.410 e. The number of allylic oxidation sites excluding steroid dienone is 2. The van der Waals surface area contributed by atoms with Crippen molar-refractivity contribution >= 4 is 22.1 Å². The molecule has 8 nitrogen and oxygen atoms in total. The first kappa shape index (κ1) is 27.0. The second kappa shape index (κ2) is 11.6. The molecule has 1 aliphatic carbocycles. The minimum Gasteiger partial charge on any atom is -0.447 e. The van der Waals surface area contributed by atoms with Crippen LogP contribution in [-0.4, -0.2) is 77.6 Å². The number of benzene rings is 1. The van der Waals surface area contributed by atoms with Gasteiger partial charge in [0.15, 0.2) is 0 Å². The molecule has 2 atom stereocenters. The van der Waals surface area contributed by atoms with Gasteiger partial charge in [-0.3, -0.25) is 0 Å². The summed E-state index contributed by atoms with van der Waals surface area (Å²) in [6.45, 7) is 9.75. The zero-order valence-corrected chi connectivity index (χ0v) is 22.4. The van der Waals surface area contributed by atoms with E-state index < -0.39 is 10.4 Å². The second-order valence-corrected chi connectivity index (χ2v) is 12.2. The summed E-state index contributed by atoms with van der Waals surface area (Å²) < 4.78 is 42.1. The van der Waals surface area contributed by atoms with Crippen molar-refractivity contribution < 1.29 is 27.8 Å². The van der Waals surface area contributed by atoms with Crippen molar-refractivity contribution in [2.24, 2.45) is 5.92 Å². The van der Waals surface area contributed by atoms with Crippen molar-refractivity contribution in [2.75, 3.05) is 46.0 Å². The van der Waals surface area contributed by atoms with E-state index in [-0.39, 0.29) is 17.8 Å². The molecule has 9 heteroatoms. The number of ether oxygens (including phenoxy) is 3. The minimum absolute atomic E-state index is 0.0985. The first-order valence-electron chi connectivity index (χ1n) is 12.9. The van der Waals surface area contributed by atoms with Crippen molar-refractivity contribution in [1.29, 1.82) is 0 Å². The average Bonchev–Trinajstić information content (AvgIpc) is 2.88. The Morgan fingerprint density at radius 1 is 1.17 bits per heavy atom. The van der Waals surface area contributed by atoms with Crippen molar-refractivity contribution in [3.8, 4) is 0 Å². The number of piperidine rings is 1. The van der Waals surface area contributed by atoms with Crippen LogP contribution in [0.4, 0.5) is 4.79 Å². The molecule has 0 aromatic heterocycles. The van der Waals surface area contributed by atoms with Crippen LogP contribution in [0.5, 0.6) is 0 Å². The van der Waals surface area contributed by atoms with Crippen LogP contribution >= 0.6 is 0 Å². The number of carbonyl (C=O) groups is 1. The van der Waals surface area contributed by atoms with E-state index in [1.54, 1.807) is 21.3 Å². The van der Waals surface area contributed by atoms with E-state index in [1.807, 2.05) is 26.0 Å². The van der Waals surface area contributed by atoms with Gasteiger partial charge in [0.1, 0.15) is 0 Å². The quantitative estimate of drug-likeness (QED) is 0.528. The van der Waals surface area contributed by atoms with Crippen LogP contribution in [-0.2, 0) is 28.8 Å². The number of likely N-dealkylation sites (tertiary alicyclic amines) is 1. The van der Waals surface area contributed by atoms with E-state index in [2.05, 4.69) is 25.2 Å². The highest BCUT2D eigenvalue weighted by atomic mass is 32.3. The molecule has 1 aromatic carbocycles. The predicted octanol–water partition coefficient (Wildman–Crippen LogP) is 4.64. The van der Waals surface area contributed by atoms with E-state index >= 15 is 0 Å². The number of rotatable bonds is 7. The smallest absolute Gasteiger partial charge is 0.410 e. The molecule has 2 fully saturated rings. The lowest BCUT2D eigenvalue weighted by atomic mass is 9.90. The van der Waals surface area contributed by atoms with Gasteiger partial charge in [-0.2, -0.15) is 4.55 Å². The van der Waals surface area contributed by atoms with E-state index in [0.29, 0.717) is 56.8 Å². The van der Waals surface area contributed by atoms with Gasteiger partial charge in [-0.15, -0.1) is 0 Å². The van der Waals surface area contributed by atoms with Gasteiger partial charge in [-0.1, -0.05) is 22.5 Å². The van der Waals surface area contributed by atoms with E-state index in [0.717, 1.165) is 30.4 Å². The van der Waals surface area contributed by atoms with Gasteiger partial charge in [0.25, 0.3) is 0 Å². The molecule has 2 aliphatic heterocycles. The fourth-order valence-corrected chi connectivity index (χ4v) is 6.10. The number of amides is 1. The summed E-state index contributed by atoms with van der Waals surface area (Å²) in [6.07, 6.45) is 8.61. The molecule has 4 rings (SSSR count). The summed E-state index contributed by atoms with van der Waals surface area (Å²) in [5, 5.41) is 0. The van der Waals surface area contributed by atoms with Crippen molar-refractivity contribution in [2.45, 2.75) is 56.6 Å². The van der Waals surface area contributed by atoms with Crippen LogP contribution in [0.2, 0.25) is 0 Å². The molecule has 198 valence electrons. The number of carbonyl (C=O) groups excluding carboxylic acids is 1. The van der Waals surface area contributed by atoms with Gasteiger partial charge in [0.05, 0.1) is 44.6 Å². The molecular weight excluding hydrogens is 480 g/mol. The molecule has 0 radical (unpaired) electrons. The molecule has 0 spiro atoms. The van der Waals surface area contributed by atoms with Crippen LogP contribution in [0.1, 0.15) is 45.6 Å². The van der Waals surface area contributed by atoms with Crippen molar-refractivity contribution in [3.63, 3.8) is 0 Å². The van der Waals surface area contributed by atoms with Gasteiger partial charge in [-0.05, 0) is 85.6 Å². The normalized spacial score (nSPS) is 25.5. The lowest BCUT2D eigenvalue weighted by Gasteiger charge is -2.35. The Morgan fingerprint density at radius 2 is 1.83 bits per heavy atom. The van der Waals surface area contributed by atoms with Crippen LogP contribution in [0.15, 0.2) is 47.4 Å². The zero-order chi connectivity index (χ0) is 25.8. The standard InChI is InChI=1S/C27H38N2O6S/c1-21(2)35-26(30)28-14-10-22(11-15-28)20-34-27(3)12-8-24(9-13-27)23-4-6-25(7-5-23)36(31,32)29-16-18-33-19-17-29/h4-9,12,21-22H,10-11,13-20H2,1-3H3/p+1. The Balaban J connectivity index is 1.27. The van der Waals surface area contributed by atoms with Crippen LogP contribution in [0, 0.1) is 5.92 Å². The van der Waals surface area contributed by atoms with Gasteiger partial charge in [0, 0.05) is 13.1 Å². The van der Waals surface area contributed by atoms with Gasteiger partial charge in [0.2, 0.25) is 4.90 Å². The first-order valence-corrected chi connectivity index (χ1v) is 14.3. The number of hydrogen-bond donors (Lipinski definition) is 1. The summed E-state index contributed by atoms with van der Waals surface area (Å²) in [5.74, 6) is 0.427. The Labute approximate surface area is 215 Å². The van der Waals surface area contributed by atoms with Crippen LogP contribution < -0.4 is 0 Å². The third kappa shape index (κ3) is 6.63. The highest BCUT2D eigenvalue weighted by Crippen LogP contribution is 2.32. The SMILES string of the molecule is CC(C)OC(=O)N1CCC(COC2(C)C=CC(c3ccc([S+](=O)(O)N4CCOCC4)cc3)=CC2)CC1. The Kier molecular flexibility index (Phi) is 8.67. The van der Waals surface area contributed by atoms with E-state index in [9.17, 15) is 13.6 Å². The Hall–Kier alpha value is -2.04. The molecule has 1 N–H and O–H groups in total. The van der Waals surface area contributed by atoms with Gasteiger partial charge < -0.3 is 19.1 Å². The highest BCUT2D eigenvalue weighted by molar-refractivity contribution is 7.95. The van der Waals surface area contributed by atoms with Crippen LogP contribution in [0.3, 0.4) is 0 Å². The molecule has 36 heavy (non-hydrogen) atoms. The number of morpholine rings is 1. The summed E-state index contributed by atoms with van der Waals surface area (Å²) in [7, 11) is -3.24. The Morgan fingerprint density at radius 3 is 2.42 bits per heavy atom. The fraction of sp³-hybridized carbons (Fsp3) is 0.593. The summed E-state index contributed by atoms with van der Waals surface area (Å²) in [4.78, 5) is 14.3. The van der Waals surface area contributed by atoms with Gasteiger partial charge >= 0.3 is 16.5 Å². The predicted molar refractivity (Wildman–Crippen MR) is 140 cm³/mol. The lowest BCUT2D eigenvalue weighted by Crippen LogP contribution is -2.43. The van der Waals surface area contributed by atoms with Crippen molar-refractivity contribution in [3.05, 3.63) is 48.1 Å². The molecule has 2 heterocycles. The number of nitrogens with zero attached hydrogens (tertiary/aromatic N) is 2. The number of hydrogen-bond acceptors (Lipinski definition) is 5. The largest absolute Gasteiger partial charge is 0.447 e. The van der Waals surface area contributed by atoms with E-state index in [1.165, 1.54) is 0 Å². The Bertz CT molecular complexity index is 1010. The molecule has 0 saturated carbocycles. The van der Waals surface area contributed by atoms with Gasteiger partial charge in [-0.25, -0.2) is 4.79 Å². The minimum atomic E-state index is -3.24. The molecule has 0 bridgehead atoms. The molecule has 3 aliphatic rings. The highest BCUT2D eigenvalue weighted by Gasteiger charge is 2.39. The van der Waals surface area contributed by atoms with Crippen molar-refractivity contribution in [1.82, 2.24) is 9.21 Å². The second-order valence-electron chi connectivity index (χ2n) is 10.2. The molecule has 1 aromatic rings. The third-order valence-electron chi connectivity index (χ3n) is 7.02. The summed E-state index contributed by atoms with van der Waals surface area (Å²) in [6, 6.07) is 7.30. The molecular formula is C27H39N2O6S+. The monoisotopic (exact) mass is 519 g/mol. The molecule has 2 saturated heterocycles. The third-order valence-corrected chi connectivity index (χ3v) is 8.97. The fourth-order valence-electron chi connectivity index (χ4n) is 4.67. The topological polar surface area (TPSA) is 88.5 Å². The summed E-state index contributed by atoms with van der Waals surface area (Å²) in [5.41, 5.74) is 1.72. The summed E-state index contributed by atoms with van der Waals surface area (Å²) >= 11 is 0. The molecule has 1 amide bonds. The zero-order valence-electron chi connectivity index (χ0n) is 21.6. The average molecular weight is 520 g/mol. The first-order chi connectivity index (χ1) is 17.2. The molecule has 2 unspecified atom stereocenters. The lowest BCUT2D eigenvalue weighted by molar-refractivity contribution is -0.0248. The van der Waals surface area contributed by atoms with E-state index in [4.69, 9.17) is 14.2 Å².